The molecule has 0 aliphatic carbocycles. The van der Waals surface area contributed by atoms with Crippen LogP contribution in [0.5, 0.6) is 11.5 Å². The number of carbonyl (C=O) groups excluding carboxylic acids is 2. The minimum absolute atomic E-state index is 0.115. The second kappa shape index (κ2) is 12.3. The highest BCUT2D eigenvalue weighted by molar-refractivity contribution is 5.82. The van der Waals surface area contributed by atoms with Gasteiger partial charge in [0.25, 0.3) is 0 Å². The van der Waals surface area contributed by atoms with E-state index in [0.29, 0.717) is 11.5 Å². The minimum Gasteiger partial charge on any atom is -0.493 e. The van der Waals surface area contributed by atoms with E-state index < -0.39 is 23.7 Å². The minimum atomic E-state index is -0.922. The summed E-state index contributed by atoms with van der Waals surface area (Å²) in [5.74, 6) is 0.592. The number of hydrogen-bond acceptors (Lipinski definition) is 7. The van der Waals surface area contributed by atoms with Crippen molar-refractivity contribution in [2.45, 2.75) is 58.6 Å². The molecule has 1 rings (SSSR count). The number of nitrogens with zero attached hydrogens (tertiary/aromatic N) is 1. The van der Waals surface area contributed by atoms with E-state index in [1.165, 1.54) is 19.1 Å². The summed E-state index contributed by atoms with van der Waals surface area (Å²) in [5.41, 5.74) is 0.0537. The second-order valence-electron chi connectivity index (χ2n) is 7.80. The van der Waals surface area contributed by atoms with Gasteiger partial charge in [-0.25, -0.2) is 9.59 Å². The lowest BCUT2D eigenvalue weighted by Gasteiger charge is -2.32. The van der Waals surface area contributed by atoms with Crippen LogP contribution in [0.25, 0.3) is 0 Å². The van der Waals surface area contributed by atoms with Gasteiger partial charge in [-0.15, -0.1) is 0 Å². The summed E-state index contributed by atoms with van der Waals surface area (Å²) in [4.78, 5) is 27.0. The first-order valence-electron chi connectivity index (χ1n) is 10.0. The van der Waals surface area contributed by atoms with Crippen molar-refractivity contribution in [3.63, 3.8) is 0 Å². The monoisotopic (exact) mass is 425 g/mol. The molecule has 0 bridgehead atoms. The maximum Gasteiger partial charge on any atom is 0.412 e. The van der Waals surface area contributed by atoms with Crippen LogP contribution in [0.3, 0.4) is 0 Å². The molecule has 1 aromatic rings. The Labute approximate surface area is 179 Å². The Kier molecular flexibility index (Phi) is 10.5. The molecule has 0 spiro atoms. The van der Waals surface area contributed by atoms with E-state index in [4.69, 9.17) is 23.7 Å². The average molecular weight is 426 g/mol. The van der Waals surface area contributed by atoms with E-state index in [1.54, 1.807) is 40.0 Å². The molecule has 0 fully saturated rings. The van der Waals surface area contributed by atoms with E-state index in [9.17, 15) is 9.59 Å². The van der Waals surface area contributed by atoms with Crippen molar-refractivity contribution in [2.24, 2.45) is 0 Å². The van der Waals surface area contributed by atoms with Gasteiger partial charge in [-0.2, -0.15) is 0 Å². The molecule has 170 valence electrons. The fourth-order valence-corrected chi connectivity index (χ4v) is 2.69. The third kappa shape index (κ3) is 8.10. The van der Waals surface area contributed by atoms with Crippen LogP contribution in [0.4, 0.5) is 4.79 Å². The third-order valence-electron chi connectivity index (χ3n) is 4.16. The molecule has 1 aromatic carbocycles. The molecule has 0 saturated heterocycles. The fraction of sp³-hybridized carbons (Fsp3) is 0.636. The summed E-state index contributed by atoms with van der Waals surface area (Å²) >= 11 is 0. The predicted molar refractivity (Wildman–Crippen MR) is 113 cm³/mol. The summed E-state index contributed by atoms with van der Waals surface area (Å²) in [6.07, 6.45) is 1.18. The van der Waals surface area contributed by atoms with E-state index in [1.807, 2.05) is 13.0 Å². The number of hydrogen-bond donors (Lipinski definition) is 0. The number of benzene rings is 1. The Bertz CT molecular complexity index is 685. The van der Waals surface area contributed by atoms with Gasteiger partial charge in [0.05, 0.1) is 20.8 Å². The number of methoxy groups -OCH3 is 3. The van der Waals surface area contributed by atoms with Crippen LogP contribution in [-0.2, 0) is 25.4 Å². The second-order valence-corrected chi connectivity index (χ2v) is 7.80. The van der Waals surface area contributed by atoms with Crippen molar-refractivity contribution in [1.29, 1.82) is 0 Å². The molecule has 1 amide bonds. The van der Waals surface area contributed by atoms with Crippen LogP contribution in [0.15, 0.2) is 18.2 Å². The lowest BCUT2D eigenvalue weighted by molar-refractivity contribution is -0.152. The Morgan fingerprint density at radius 2 is 1.73 bits per heavy atom. The van der Waals surface area contributed by atoms with E-state index >= 15 is 0 Å². The van der Waals surface area contributed by atoms with Gasteiger partial charge in [-0.05, 0) is 44.9 Å². The molecule has 0 aliphatic heterocycles. The highest BCUT2D eigenvalue weighted by Crippen LogP contribution is 2.28. The number of rotatable bonds is 11. The maximum atomic E-state index is 12.9. The predicted octanol–water partition coefficient (Wildman–Crippen LogP) is 3.80. The Morgan fingerprint density at radius 1 is 1.07 bits per heavy atom. The molecule has 0 N–H and O–H groups in total. The molecule has 0 heterocycles. The standard InChI is InChI=1S/C22H35NO7/c1-8-9-12-29-20(24)17(23(15-26-5)21(25)30-22(2,3)4)13-16-10-11-18(27-6)19(14-16)28-7/h10-11,14,17H,8-9,12-13,15H2,1-7H3/t17-/m0/s1. The quantitative estimate of drug-likeness (QED) is 0.303. The van der Waals surface area contributed by atoms with Crippen molar-refractivity contribution in [3.05, 3.63) is 23.8 Å². The zero-order valence-electron chi connectivity index (χ0n) is 19.1. The molecule has 0 saturated carbocycles. The topological polar surface area (TPSA) is 83.5 Å². The highest BCUT2D eigenvalue weighted by atomic mass is 16.6. The van der Waals surface area contributed by atoms with Gasteiger partial charge in [0.2, 0.25) is 0 Å². The highest BCUT2D eigenvalue weighted by Gasteiger charge is 2.34. The molecule has 1 atom stereocenters. The maximum absolute atomic E-state index is 12.9. The van der Waals surface area contributed by atoms with Crippen LogP contribution in [-0.4, -0.2) is 63.3 Å². The zero-order valence-corrected chi connectivity index (χ0v) is 19.1. The summed E-state index contributed by atoms with van der Waals surface area (Å²) in [6, 6.07) is 4.41. The van der Waals surface area contributed by atoms with Crippen LogP contribution in [0.1, 0.15) is 46.1 Å². The smallest absolute Gasteiger partial charge is 0.412 e. The Hall–Kier alpha value is -2.48. The van der Waals surface area contributed by atoms with Gasteiger partial charge < -0.3 is 23.7 Å². The number of unbranched alkanes of at least 4 members (excludes halogenated alkanes) is 1. The fourth-order valence-electron chi connectivity index (χ4n) is 2.69. The van der Waals surface area contributed by atoms with Crippen LogP contribution in [0.2, 0.25) is 0 Å². The van der Waals surface area contributed by atoms with Gasteiger partial charge >= 0.3 is 12.1 Å². The number of ether oxygens (including phenoxy) is 5. The summed E-state index contributed by atoms with van der Waals surface area (Å²) in [6.45, 7) is 7.46. The van der Waals surface area contributed by atoms with Crippen molar-refractivity contribution in [2.75, 3.05) is 34.7 Å². The van der Waals surface area contributed by atoms with E-state index in [2.05, 4.69) is 0 Å². The number of amides is 1. The number of carbonyl (C=O) groups is 2. The van der Waals surface area contributed by atoms with E-state index in [-0.39, 0.29) is 19.8 Å². The van der Waals surface area contributed by atoms with Crippen molar-refractivity contribution in [3.8, 4) is 11.5 Å². The van der Waals surface area contributed by atoms with Crippen molar-refractivity contribution in [1.82, 2.24) is 4.90 Å². The van der Waals surface area contributed by atoms with Gasteiger partial charge in [0.15, 0.2) is 11.5 Å². The van der Waals surface area contributed by atoms with Crippen LogP contribution in [0, 0.1) is 0 Å². The van der Waals surface area contributed by atoms with Gasteiger partial charge in [0.1, 0.15) is 18.4 Å². The molecular weight excluding hydrogens is 390 g/mol. The van der Waals surface area contributed by atoms with Gasteiger partial charge in [0, 0.05) is 13.5 Å². The normalized spacial score (nSPS) is 12.1. The van der Waals surface area contributed by atoms with Gasteiger partial charge in [-0.1, -0.05) is 19.4 Å². The first kappa shape index (κ1) is 25.6. The largest absolute Gasteiger partial charge is 0.493 e. The third-order valence-corrected chi connectivity index (χ3v) is 4.16. The first-order chi connectivity index (χ1) is 14.2. The lowest BCUT2D eigenvalue weighted by Crippen LogP contribution is -2.49. The summed E-state index contributed by atoms with van der Waals surface area (Å²) in [5, 5.41) is 0. The lowest BCUT2D eigenvalue weighted by atomic mass is 10.0. The average Bonchev–Trinajstić information content (AvgIpc) is 2.69. The zero-order chi connectivity index (χ0) is 22.7. The van der Waals surface area contributed by atoms with Crippen molar-refractivity contribution >= 4 is 12.1 Å². The van der Waals surface area contributed by atoms with Crippen LogP contribution >= 0.6 is 0 Å². The summed E-state index contributed by atoms with van der Waals surface area (Å²) < 4.78 is 26.7. The molecule has 30 heavy (non-hydrogen) atoms. The summed E-state index contributed by atoms with van der Waals surface area (Å²) in [7, 11) is 4.54. The Morgan fingerprint density at radius 3 is 2.27 bits per heavy atom. The van der Waals surface area contributed by atoms with Crippen LogP contribution < -0.4 is 9.47 Å². The molecule has 0 aliphatic rings. The number of esters is 1. The van der Waals surface area contributed by atoms with Gasteiger partial charge in [-0.3, -0.25) is 4.90 Å². The molecule has 0 unspecified atom stereocenters. The molecule has 0 radical (unpaired) electrons. The molecule has 0 aromatic heterocycles. The molecule has 8 heteroatoms. The molecular formula is C22H35NO7. The first-order valence-corrected chi connectivity index (χ1v) is 10.0. The molecule has 8 nitrogen and oxygen atoms in total. The SMILES string of the molecule is CCCCOC(=O)[C@H](Cc1ccc(OC)c(OC)c1)N(COC)C(=O)OC(C)(C)C. The Balaban J connectivity index is 3.21. The van der Waals surface area contributed by atoms with E-state index in [0.717, 1.165) is 18.4 Å². The van der Waals surface area contributed by atoms with Crippen molar-refractivity contribution < 1.29 is 33.3 Å².